The molecule has 0 fully saturated rings. The molecule has 0 saturated heterocycles. The zero-order valence-corrected chi connectivity index (χ0v) is 14.0. The number of halogens is 1. The van der Waals surface area contributed by atoms with Crippen LogP contribution in [0.4, 0.5) is 5.00 Å². The summed E-state index contributed by atoms with van der Waals surface area (Å²) in [7, 11) is 0. The zero-order chi connectivity index (χ0) is 15.8. The van der Waals surface area contributed by atoms with E-state index < -0.39 is 11.9 Å². The van der Waals surface area contributed by atoms with Crippen LogP contribution in [-0.4, -0.2) is 17.8 Å². The van der Waals surface area contributed by atoms with Crippen molar-refractivity contribution in [1.82, 2.24) is 0 Å². The molecular formula is C15H19ClNO3S-. The Hall–Kier alpha value is -1.07. The van der Waals surface area contributed by atoms with Crippen LogP contribution in [0.3, 0.4) is 0 Å². The summed E-state index contributed by atoms with van der Waals surface area (Å²) in [5.74, 6) is -1.31. The minimum atomic E-state index is -1.23. The molecule has 1 aliphatic carbocycles. The third-order valence-corrected chi connectivity index (χ3v) is 5.48. The number of carboxylic acid groups (broad SMARTS) is 1. The van der Waals surface area contributed by atoms with Crippen LogP contribution in [0.25, 0.3) is 0 Å². The predicted octanol–water partition coefficient (Wildman–Crippen LogP) is 2.44. The maximum atomic E-state index is 11.4. The van der Waals surface area contributed by atoms with Gasteiger partial charge in [0.25, 0.3) is 0 Å². The maximum Gasteiger partial charge on any atom is 0.239 e. The molecule has 1 aromatic heterocycles. The number of anilines is 1. The summed E-state index contributed by atoms with van der Waals surface area (Å²) >= 11 is 6.82. The fraction of sp³-hybridized carbons (Fsp3) is 0.600. The Balaban J connectivity index is 2.37. The third kappa shape index (κ3) is 3.40. The molecule has 1 amide bonds. The van der Waals surface area contributed by atoms with Gasteiger partial charge in [0, 0.05) is 10.4 Å². The molecule has 0 unspecified atom stereocenters. The molecule has 1 aliphatic rings. The van der Waals surface area contributed by atoms with Gasteiger partial charge in [0.15, 0.2) is 0 Å². The first-order chi connectivity index (χ1) is 9.74. The second-order valence-electron chi connectivity index (χ2n) is 6.48. The van der Waals surface area contributed by atoms with Gasteiger partial charge in [-0.3, -0.25) is 4.79 Å². The lowest BCUT2D eigenvalue weighted by Crippen LogP contribution is -2.29. The van der Waals surface area contributed by atoms with E-state index in [4.69, 9.17) is 11.6 Å². The van der Waals surface area contributed by atoms with E-state index in [9.17, 15) is 14.7 Å². The summed E-state index contributed by atoms with van der Waals surface area (Å²) < 4.78 is 0. The number of amides is 1. The molecule has 0 spiro atoms. The van der Waals surface area contributed by atoms with Crippen molar-refractivity contribution in [1.29, 1.82) is 0 Å². The van der Waals surface area contributed by atoms with Crippen LogP contribution in [0, 0.1) is 11.3 Å². The standard InChI is InChI=1S/C15H20ClNO3S/c1-15(2,3)8-4-5-9-10(6-8)21-13(12(9)14(19)20)17-11(18)7-16/h8H,4-7H2,1-3H3,(H,17,18)(H,19,20)/p-1/t8-/m1/s1. The first kappa shape index (κ1) is 16.3. The number of hydrogen-bond acceptors (Lipinski definition) is 4. The lowest BCUT2D eigenvalue weighted by Gasteiger charge is -2.34. The fourth-order valence-electron chi connectivity index (χ4n) is 2.79. The molecule has 21 heavy (non-hydrogen) atoms. The third-order valence-electron chi connectivity index (χ3n) is 4.07. The molecule has 1 heterocycles. The molecule has 0 aliphatic heterocycles. The minimum Gasteiger partial charge on any atom is -0.545 e. The van der Waals surface area contributed by atoms with Gasteiger partial charge >= 0.3 is 0 Å². The van der Waals surface area contributed by atoms with Crippen LogP contribution in [0.15, 0.2) is 0 Å². The van der Waals surface area contributed by atoms with E-state index in [1.165, 1.54) is 11.3 Å². The summed E-state index contributed by atoms with van der Waals surface area (Å²) in [6.07, 6.45) is 2.52. The number of rotatable bonds is 3. The van der Waals surface area contributed by atoms with Gasteiger partial charge in [0.05, 0.1) is 5.97 Å². The second kappa shape index (κ2) is 5.97. The Morgan fingerprint density at radius 1 is 1.43 bits per heavy atom. The number of nitrogens with one attached hydrogen (secondary N) is 1. The second-order valence-corrected chi connectivity index (χ2v) is 7.86. The average molecular weight is 329 g/mol. The Morgan fingerprint density at radius 3 is 2.62 bits per heavy atom. The van der Waals surface area contributed by atoms with Crippen molar-refractivity contribution in [2.75, 3.05) is 11.2 Å². The van der Waals surface area contributed by atoms with E-state index in [1.807, 2.05) is 0 Å². The van der Waals surface area contributed by atoms with E-state index in [1.54, 1.807) is 0 Å². The van der Waals surface area contributed by atoms with E-state index in [2.05, 4.69) is 26.1 Å². The van der Waals surface area contributed by atoms with Gasteiger partial charge in [-0.2, -0.15) is 0 Å². The van der Waals surface area contributed by atoms with Crippen molar-refractivity contribution in [2.24, 2.45) is 11.3 Å². The Labute approximate surface area is 133 Å². The number of fused-ring (bicyclic) bond motifs is 1. The van der Waals surface area contributed by atoms with Crippen molar-refractivity contribution < 1.29 is 14.7 Å². The van der Waals surface area contributed by atoms with Gasteiger partial charge in [-0.25, -0.2) is 0 Å². The van der Waals surface area contributed by atoms with Crippen molar-refractivity contribution in [3.63, 3.8) is 0 Å². The number of alkyl halides is 1. The Kier molecular flexibility index (Phi) is 4.63. The summed E-state index contributed by atoms with van der Waals surface area (Å²) in [6, 6.07) is 0. The van der Waals surface area contributed by atoms with Gasteiger partial charge in [-0.15, -0.1) is 22.9 Å². The molecule has 2 rings (SSSR count). The molecular weight excluding hydrogens is 310 g/mol. The predicted molar refractivity (Wildman–Crippen MR) is 83.0 cm³/mol. The van der Waals surface area contributed by atoms with E-state index in [-0.39, 0.29) is 16.9 Å². The highest BCUT2D eigenvalue weighted by atomic mass is 35.5. The number of carbonyl (C=O) groups excluding carboxylic acids is 2. The molecule has 0 radical (unpaired) electrons. The summed E-state index contributed by atoms with van der Waals surface area (Å²) in [5, 5.41) is 14.4. The normalized spacial score (nSPS) is 18.2. The van der Waals surface area contributed by atoms with Gasteiger partial charge in [0.1, 0.15) is 10.9 Å². The van der Waals surface area contributed by atoms with E-state index in [0.717, 1.165) is 23.3 Å². The monoisotopic (exact) mass is 328 g/mol. The molecule has 116 valence electrons. The largest absolute Gasteiger partial charge is 0.545 e. The van der Waals surface area contributed by atoms with Crippen LogP contribution >= 0.6 is 22.9 Å². The minimum absolute atomic E-state index is 0.140. The number of hydrogen-bond donors (Lipinski definition) is 1. The summed E-state index contributed by atoms with van der Waals surface area (Å²) in [4.78, 5) is 23.9. The highest BCUT2D eigenvalue weighted by Gasteiger charge is 2.32. The van der Waals surface area contributed by atoms with Gasteiger partial charge in [-0.1, -0.05) is 20.8 Å². The SMILES string of the molecule is CC(C)(C)[C@@H]1CCc2c(sc(NC(=O)CCl)c2C(=O)[O-])C1. The molecule has 1 aromatic rings. The van der Waals surface area contributed by atoms with Crippen molar-refractivity contribution in [3.8, 4) is 0 Å². The lowest BCUT2D eigenvalue weighted by molar-refractivity contribution is -0.254. The number of carbonyl (C=O) groups is 2. The molecule has 1 atom stereocenters. The Morgan fingerprint density at radius 2 is 2.10 bits per heavy atom. The number of thiophene rings is 1. The number of carboxylic acids is 1. The number of aromatic carboxylic acids is 1. The Bertz CT molecular complexity index is 574. The van der Waals surface area contributed by atoms with Gasteiger partial charge < -0.3 is 15.2 Å². The zero-order valence-electron chi connectivity index (χ0n) is 12.4. The highest BCUT2D eigenvalue weighted by molar-refractivity contribution is 7.17. The molecule has 0 bridgehead atoms. The first-order valence-electron chi connectivity index (χ1n) is 6.95. The molecule has 1 N–H and O–H groups in total. The molecule has 0 aromatic carbocycles. The average Bonchev–Trinajstić information content (AvgIpc) is 2.74. The first-order valence-corrected chi connectivity index (χ1v) is 8.30. The van der Waals surface area contributed by atoms with Crippen LogP contribution in [0.5, 0.6) is 0 Å². The van der Waals surface area contributed by atoms with Crippen LogP contribution in [-0.2, 0) is 17.6 Å². The molecule has 6 heteroatoms. The van der Waals surface area contributed by atoms with Crippen LogP contribution in [0.2, 0.25) is 0 Å². The van der Waals surface area contributed by atoms with Gasteiger partial charge in [-0.05, 0) is 36.2 Å². The highest BCUT2D eigenvalue weighted by Crippen LogP contribution is 2.44. The smallest absolute Gasteiger partial charge is 0.239 e. The molecule has 4 nitrogen and oxygen atoms in total. The summed E-state index contributed by atoms with van der Waals surface area (Å²) in [5.41, 5.74) is 1.15. The van der Waals surface area contributed by atoms with Crippen molar-refractivity contribution >= 4 is 39.8 Å². The summed E-state index contributed by atoms with van der Waals surface area (Å²) in [6.45, 7) is 6.60. The van der Waals surface area contributed by atoms with E-state index >= 15 is 0 Å². The molecule has 0 saturated carbocycles. The topological polar surface area (TPSA) is 69.2 Å². The van der Waals surface area contributed by atoms with Crippen LogP contribution in [0.1, 0.15) is 48.0 Å². The lowest BCUT2D eigenvalue weighted by atomic mass is 9.72. The van der Waals surface area contributed by atoms with Crippen LogP contribution < -0.4 is 10.4 Å². The fourth-order valence-corrected chi connectivity index (χ4v) is 4.19. The van der Waals surface area contributed by atoms with E-state index in [0.29, 0.717) is 17.3 Å². The quantitative estimate of drug-likeness (QED) is 0.866. The van der Waals surface area contributed by atoms with Crippen molar-refractivity contribution in [3.05, 3.63) is 16.0 Å². The van der Waals surface area contributed by atoms with Crippen molar-refractivity contribution in [2.45, 2.75) is 40.0 Å². The van der Waals surface area contributed by atoms with Gasteiger partial charge in [0.2, 0.25) is 5.91 Å². The maximum absolute atomic E-state index is 11.4.